The highest BCUT2D eigenvalue weighted by Crippen LogP contribution is 2.51. The van der Waals surface area contributed by atoms with Crippen molar-refractivity contribution in [3.8, 4) is 0 Å². The molecule has 0 radical (unpaired) electrons. The first kappa shape index (κ1) is 22.6. The summed E-state index contributed by atoms with van der Waals surface area (Å²) in [5.74, 6) is -0.801. The molecule has 0 aromatic carbocycles. The van der Waals surface area contributed by atoms with Gasteiger partial charge >= 0.3 is 0 Å². The maximum atomic E-state index is 12.9. The van der Waals surface area contributed by atoms with Crippen molar-refractivity contribution in [1.82, 2.24) is 5.32 Å². The van der Waals surface area contributed by atoms with E-state index in [1.54, 1.807) is 6.92 Å². The minimum atomic E-state index is -3.18. The predicted molar refractivity (Wildman–Crippen MR) is 102 cm³/mol. The quantitative estimate of drug-likeness (QED) is 0.481. The summed E-state index contributed by atoms with van der Waals surface area (Å²) in [6, 6.07) is -0.990. The number of nitrogens with two attached hydrogens (primary N) is 1. The second-order valence-corrected chi connectivity index (χ2v) is 10.7. The molecule has 7 heteroatoms. The van der Waals surface area contributed by atoms with Gasteiger partial charge in [-0.05, 0) is 24.7 Å². The van der Waals surface area contributed by atoms with Crippen LogP contribution in [-0.2, 0) is 13.9 Å². The molecule has 1 aliphatic carbocycles. The molecule has 0 bridgehead atoms. The second-order valence-electron chi connectivity index (χ2n) is 7.74. The standard InChI is InChI=1S/C18H37N2O4P/c1-5-25(23,24-4)18(22)16(12-14-9-7-6-8-10-14)20-15(17(19)21)11-13(2)3/h13-16,18,20,22H,5-12H2,1-4H3,(H2,19,21)/t15-,16-,18?,25?/m0/s1. The molecule has 2 unspecified atom stereocenters. The molecule has 1 fully saturated rings. The molecule has 1 amide bonds. The van der Waals surface area contributed by atoms with E-state index in [-0.39, 0.29) is 12.1 Å². The Morgan fingerprint density at radius 3 is 2.36 bits per heavy atom. The number of carbonyl (C=O) groups is 1. The molecule has 1 rings (SSSR count). The number of primary amides is 1. The van der Waals surface area contributed by atoms with Gasteiger partial charge in [0.1, 0.15) is 5.85 Å². The smallest absolute Gasteiger partial charge is 0.234 e. The third-order valence-electron chi connectivity index (χ3n) is 5.29. The molecule has 0 aromatic rings. The van der Waals surface area contributed by atoms with Gasteiger partial charge in [-0.3, -0.25) is 14.7 Å². The first-order valence-corrected chi connectivity index (χ1v) is 11.5. The third kappa shape index (κ3) is 7.01. The summed E-state index contributed by atoms with van der Waals surface area (Å²) in [6.07, 6.45) is 7.39. The number of aliphatic hydroxyl groups excluding tert-OH is 1. The molecule has 4 N–H and O–H groups in total. The van der Waals surface area contributed by atoms with Gasteiger partial charge in [0.25, 0.3) is 0 Å². The Labute approximate surface area is 152 Å². The van der Waals surface area contributed by atoms with Crippen LogP contribution in [0.3, 0.4) is 0 Å². The van der Waals surface area contributed by atoms with Crippen molar-refractivity contribution in [2.75, 3.05) is 13.3 Å². The van der Waals surface area contributed by atoms with Crippen molar-refractivity contribution in [2.24, 2.45) is 17.6 Å². The highest BCUT2D eigenvalue weighted by molar-refractivity contribution is 7.59. The van der Waals surface area contributed by atoms with E-state index in [0.717, 1.165) is 12.8 Å². The van der Waals surface area contributed by atoms with Crippen LogP contribution in [-0.4, -0.2) is 42.2 Å². The number of aliphatic hydroxyl groups is 1. The molecule has 6 nitrogen and oxygen atoms in total. The topological polar surface area (TPSA) is 102 Å². The van der Waals surface area contributed by atoms with Gasteiger partial charge in [0.15, 0.2) is 0 Å². The lowest BCUT2D eigenvalue weighted by Crippen LogP contribution is -2.52. The van der Waals surface area contributed by atoms with Crippen LogP contribution in [0.2, 0.25) is 0 Å². The first-order valence-electron chi connectivity index (χ1n) is 9.61. The first-order chi connectivity index (χ1) is 11.7. The molecular weight excluding hydrogens is 339 g/mol. The van der Waals surface area contributed by atoms with Gasteiger partial charge in [0.2, 0.25) is 13.3 Å². The van der Waals surface area contributed by atoms with Gasteiger partial charge < -0.3 is 15.4 Å². The number of amides is 1. The fourth-order valence-corrected chi connectivity index (χ4v) is 5.36. The lowest BCUT2D eigenvalue weighted by molar-refractivity contribution is -0.120. The number of carbonyl (C=O) groups excluding carboxylic acids is 1. The highest BCUT2D eigenvalue weighted by atomic mass is 31.2. The van der Waals surface area contributed by atoms with Gasteiger partial charge in [-0.15, -0.1) is 0 Å². The van der Waals surface area contributed by atoms with Crippen LogP contribution in [0.15, 0.2) is 0 Å². The summed E-state index contributed by atoms with van der Waals surface area (Å²) in [7, 11) is -1.80. The molecule has 1 aliphatic rings. The van der Waals surface area contributed by atoms with E-state index in [2.05, 4.69) is 5.32 Å². The maximum Gasteiger partial charge on any atom is 0.234 e. The largest absolute Gasteiger partial charge is 0.381 e. The zero-order valence-electron chi connectivity index (χ0n) is 16.2. The molecule has 0 aromatic heterocycles. The highest BCUT2D eigenvalue weighted by Gasteiger charge is 2.39. The van der Waals surface area contributed by atoms with Crippen molar-refractivity contribution in [3.05, 3.63) is 0 Å². The Kier molecular flexibility index (Phi) is 9.65. The maximum absolute atomic E-state index is 12.9. The van der Waals surface area contributed by atoms with Crippen molar-refractivity contribution in [1.29, 1.82) is 0 Å². The molecule has 25 heavy (non-hydrogen) atoms. The van der Waals surface area contributed by atoms with Gasteiger partial charge in [-0.1, -0.05) is 52.9 Å². The number of hydrogen-bond donors (Lipinski definition) is 3. The molecule has 4 atom stereocenters. The van der Waals surface area contributed by atoms with Crippen LogP contribution >= 0.6 is 7.37 Å². The van der Waals surface area contributed by atoms with E-state index in [4.69, 9.17) is 10.3 Å². The van der Waals surface area contributed by atoms with E-state index in [1.165, 1.54) is 26.4 Å². The molecule has 1 saturated carbocycles. The Hall–Kier alpha value is -0.420. The lowest BCUT2D eigenvalue weighted by Gasteiger charge is -2.35. The van der Waals surface area contributed by atoms with Crippen molar-refractivity contribution in [2.45, 2.75) is 83.6 Å². The number of rotatable bonds is 11. The Morgan fingerprint density at radius 2 is 1.92 bits per heavy atom. The van der Waals surface area contributed by atoms with Crippen LogP contribution in [0.1, 0.15) is 65.7 Å². The fourth-order valence-electron chi connectivity index (χ4n) is 3.75. The van der Waals surface area contributed by atoms with Crippen molar-refractivity contribution >= 4 is 13.3 Å². The Morgan fingerprint density at radius 1 is 1.32 bits per heavy atom. The normalized spacial score (nSPS) is 22.3. The minimum Gasteiger partial charge on any atom is -0.381 e. The molecule has 0 aliphatic heterocycles. The lowest BCUT2D eigenvalue weighted by atomic mass is 9.84. The third-order valence-corrected chi connectivity index (χ3v) is 7.96. The average Bonchev–Trinajstić information content (AvgIpc) is 2.59. The Bertz CT molecular complexity index is 444. The molecular formula is C18H37N2O4P. The van der Waals surface area contributed by atoms with E-state index in [0.29, 0.717) is 18.8 Å². The zero-order chi connectivity index (χ0) is 19.0. The molecule has 0 saturated heterocycles. The summed E-state index contributed by atoms with van der Waals surface area (Å²) < 4.78 is 18.1. The van der Waals surface area contributed by atoms with Crippen molar-refractivity contribution < 1.29 is 19.0 Å². The van der Waals surface area contributed by atoms with Crippen LogP contribution in [0.25, 0.3) is 0 Å². The molecule has 148 valence electrons. The zero-order valence-corrected chi connectivity index (χ0v) is 17.1. The average molecular weight is 376 g/mol. The van der Waals surface area contributed by atoms with Gasteiger partial charge in [0.05, 0.1) is 6.04 Å². The van der Waals surface area contributed by atoms with E-state index < -0.39 is 31.2 Å². The number of nitrogens with one attached hydrogen (secondary N) is 1. The van der Waals surface area contributed by atoms with E-state index in [1.807, 2.05) is 13.8 Å². The van der Waals surface area contributed by atoms with Crippen LogP contribution in [0, 0.1) is 11.8 Å². The minimum absolute atomic E-state index is 0.263. The van der Waals surface area contributed by atoms with Crippen LogP contribution in [0.5, 0.6) is 0 Å². The summed E-state index contributed by atoms with van der Waals surface area (Å²) in [5, 5.41) is 14.1. The summed E-state index contributed by atoms with van der Waals surface area (Å²) in [5.41, 5.74) is 5.56. The Balaban J connectivity index is 2.95. The van der Waals surface area contributed by atoms with Crippen molar-refractivity contribution in [3.63, 3.8) is 0 Å². The molecule has 0 spiro atoms. The second kappa shape index (κ2) is 10.7. The summed E-state index contributed by atoms with van der Waals surface area (Å²) in [6.45, 7) is 5.80. The SMILES string of the molecule is CCP(=O)(OC)C(O)[C@H](CC1CCCCC1)N[C@@H](CC(C)C)C(N)=O. The van der Waals surface area contributed by atoms with Gasteiger partial charge in [-0.25, -0.2) is 0 Å². The monoisotopic (exact) mass is 376 g/mol. The molecule has 0 heterocycles. The van der Waals surface area contributed by atoms with Gasteiger partial charge in [0, 0.05) is 19.3 Å². The van der Waals surface area contributed by atoms with E-state index in [9.17, 15) is 14.5 Å². The fraction of sp³-hybridized carbons (Fsp3) is 0.944. The number of hydrogen-bond acceptors (Lipinski definition) is 5. The van der Waals surface area contributed by atoms with Crippen LogP contribution in [0.4, 0.5) is 0 Å². The predicted octanol–water partition coefficient (Wildman–Crippen LogP) is 3.08. The van der Waals surface area contributed by atoms with Gasteiger partial charge in [-0.2, -0.15) is 0 Å². The van der Waals surface area contributed by atoms with E-state index >= 15 is 0 Å². The van der Waals surface area contributed by atoms with Crippen LogP contribution < -0.4 is 11.1 Å². The summed E-state index contributed by atoms with van der Waals surface area (Å²) in [4.78, 5) is 11.9. The summed E-state index contributed by atoms with van der Waals surface area (Å²) >= 11 is 0.